The largest absolute Gasteiger partial charge is 0.0587 e. The molecule has 27 heavy (non-hydrogen) atoms. The molecule has 0 aliphatic heterocycles. The van der Waals surface area contributed by atoms with Crippen LogP contribution >= 0.6 is 0 Å². The predicted molar refractivity (Wildman–Crippen MR) is 121 cm³/mol. The fourth-order valence-electron chi connectivity index (χ4n) is 3.64. The molecule has 0 nitrogen and oxygen atoms in total. The summed E-state index contributed by atoms with van der Waals surface area (Å²) in [7, 11) is 0. The molecule has 0 heterocycles. The Labute approximate surface area is 163 Å². The number of rotatable bonds is 0. The standard InChI is InChI=1S/C14H16.C13H14/c1-9-5-7-14-12(4)10(2)6-8-13(14)11(9)3;1-9-4-7-13-11(3)10(2)5-6-12(13)8-9/h5-8H,1-4H3;4-8H,1-3H3. The summed E-state index contributed by atoms with van der Waals surface area (Å²) >= 11 is 0. The molecule has 0 spiro atoms. The number of benzene rings is 4. The molecule has 0 saturated heterocycles. The minimum atomic E-state index is 1.33. The first-order valence-electron chi connectivity index (χ1n) is 9.72. The van der Waals surface area contributed by atoms with Crippen molar-refractivity contribution in [2.45, 2.75) is 48.5 Å². The van der Waals surface area contributed by atoms with Crippen molar-refractivity contribution in [3.63, 3.8) is 0 Å². The minimum Gasteiger partial charge on any atom is -0.0587 e. The number of hydrogen-bond donors (Lipinski definition) is 0. The van der Waals surface area contributed by atoms with E-state index < -0.39 is 0 Å². The summed E-state index contributed by atoms with van der Waals surface area (Å²) in [5.74, 6) is 0. The van der Waals surface area contributed by atoms with Gasteiger partial charge in [0, 0.05) is 0 Å². The topological polar surface area (TPSA) is 0 Å². The van der Waals surface area contributed by atoms with Gasteiger partial charge in [-0.3, -0.25) is 0 Å². The van der Waals surface area contributed by atoms with Gasteiger partial charge in [0.15, 0.2) is 0 Å². The summed E-state index contributed by atoms with van der Waals surface area (Å²) in [6.45, 7) is 15.2. The van der Waals surface area contributed by atoms with E-state index in [1.165, 1.54) is 60.5 Å². The van der Waals surface area contributed by atoms with Crippen LogP contribution in [0.2, 0.25) is 0 Å². The van der Waals surface area contributed by atoms with Gasteiger partial charge in [-0.05, 0) is 103 Å². The van der Waals surface area contributed by atoms with E-state index in [2.05, 4.69) is 103 Å². The summed E-state index contributed by atoms with van der Waals surface area (Å²) in [5, 5.41) is 5.52. The molecule has 0 aliphatic rings. The highest BCUT2D eigenvalue weighted by molar-refractivity contribution is 5.90. The van der Waals surface area contributed by atoms with E-state index in [-0.39, 0.29) is 0 Å². The Kier molecular flexibility index (Phi) is 5.37. The highest BCUT2D eigenvalue weighted by Crippen LogP contribution is 2.26. The maximum Gasteiger partial charge on any atom is -0.0149 e. The molecule has 138 valence electrons. The van der Waals surface area contributed by atoms with Crippen molar-refractivity contribution in [3.8, 4) is 0 Å². The van der Waals surface area contributed by atoms with Crippen molar-refractivity contribution in [2.24, 2.45) is 0 Å². The second-order valence-corrected chi connectivity index (χ2v) is 7.84. The SMILES string of the molecule is Cc1ccc2c(C)c(C)ccc2c1.Cc1ccc2c(C)c(C)ccc2c1C. The van der Waals surface area contributed by atoms with Crippen LogP contribution in [-0.4, -0.2) is 0 Å². The first kappa shape index (κ1) is 19.2. The van der Waals surface area contributed by atoms with E-state index in [9.17, 15) is 0 Å². The predicted octanol–water partition coefficient (Wildman–Crippen LogP) is 7.84. The Bertz CT molecular complexity index is 1080. The Morgan fingerprint density at radius 2 is 0.815 bits per heavy atom. The quantitative estimate of drug-likeness (QED) is 0.302. The van der Waals surface area contributed by atoms with Gasteiger partial charge in [0.05, 0.1) is 0 Å². The van der Waals surface area contributed by atoms with Crippen LogP contribution in [0, 0.1) is 48.5 Å². The van der Waals surface area contributed by atoms with Crippen molar-refractivity contribution in [2.75, 3.05) is 0 Å². The number of fused-ring (bicyclic) bond motifs is 2. The summed E-state index contributed by atoms with van der Waals surface area (Å²) < 4.78 is 0. The lowest BCUT2D eigenvalue weighted by atomic mass is 9.95. The molecule has 0 N–H and O–H groups in total. The normalized spacial score (nSPS) is 10.8. The van der Waals surface area contributed by atoms with E-state index >= 15 is 0 Å². The average molecular weight is 355 g/mol. The van der Waals surface area contributed by atoms with E-state index in [0.717, 1.165) is 0 Å². The van der Waals surface area contributed by atoms with Gasteiger partial charge < -0.3 is 0 Å². The van der Waals surface area contributed by atoms with Gasteiger partial charge >= 0.3 is 0 Å². The van der Waals surface area contributed by atoms with Crippen molar-refractivity contribution < 1.29 is 0 Å². The third kappa shape index (κ3) is 3.76. The second-order valence-electron chi connectivity index (χ2n) is 7.84. The van der Waals surface area contributed by atoms with Crippen LogP contribution in [0.3, 0.4) is 0 Å². The van der Waals surface area contributed by atoms with Crippen molar-refractivity contribution in [3.05, 3.63) is 93.5 Å². The lowest BCUT2D eigenvalue weighted by Crippen LogP contribution is -1.88. The zero-order chi connectivity index (χ0) is 19.7. The third-order valence-electron chi connectivity index (χ3n) is 6.00. The average Bonchev–Trinajstić information content (AvgIpc) is 2.65. The first-order chi connectivity index (χ1) is 12.8. The van der Waals surface area contributed by atoms with E-state index in [0.29, 0.717) is 0 Å². The molecular weight excluding hydrogens is 324 g/mol. The summed E-state index contributed by atoms with van der Waals surface area (Å²) in [5.41, 5.74) is 9.67. The zero-order valence-electron chi connectivity index (χ0n) is 17.7. The van der Waals surface area contributed by atoms with Crippen LogP contribution in [0.25, 0.3) is 21.5 Å². The molecular formula is C27H30. The molecule has 0 aliphatic carbocycles. The van der Waals surface area contributed by atoms with Gasteiger partial charge in [-0.25, -0.2) is 0 Å². The molecule has 0 radical (unpaired) electrons. The molecule has 0 saturated carbocycles. The van der Waals surface area contributed by atoms with Crippen LogP contribution in [0.15, 0.2) is 54.6 Å². The fourth-order valence-corrected chi connectivity index (χ4v) is 3.64. The first-order valence-corrected chi connectivity index (χ1v) is 9.72. The molecule has 4 aromatic rings. The molecule has 0 fully saturated rings. The van der Waals surface area contributed by atoms with E-state index in [1.807, 2.05) is 0 Å². The van der Waals surface area contributed by atoms with Gasteiger partial charge in [-0.15, -0.1) is 0 Å². The van der Waals surface area contributed by atoms with Crippen LogP contribution in [0.1, 0.15) is 38.9 Å². The van der Waals surface area contributed by atoms with Crippen LogP contribution in [-0.2, 0) is 0 Å². The van der Waals surface area contributed by atoms with Crippen molar-refractivity contribution >= 4 is 21.5 Å². The van der Waals surface area contributed by atoms with Crippen LogP contribution in [0.5, 0.6) is 0 Å². The molecule has 0 bridgehead atoms. The van der Waals surface area contributed by atoms with Crippen LogP contribution in [0.4, 0.5) is 0 Å². The molecule has 4 rings (SSSR count). The van der Waals surface area contributed by atoms with Gasteiger partial charge in [-0.1, -0.05) is 60.2 Å². The molecule has 0 unspecified atom stereocenters. The Morgan fingerprint density at radius 3 is 1.33 bits per heavy atom. The molecule has 0 amide bonds. The fraction of sp³-hybridized carbons (Fsp3) is 0.259. The highest BCUT2D eigenvalue weighted by atomic mass is 14.1. The monoisotopic (exact) mass is 354 g/mol. The molecule has 0 heteroatoms. The maximum absolute atomic E-state index is 2.24. The maximum atomic E-state index is 2.24. The zero-order valence-corrected chi connectivity index (χ0v) is 17.7. The summed E-state index contributed by atoms with van der Waals surface area (Å²) in [6.07, 6.45) is 0. The number of aryl methyl sites for hydroxylation is 7. The summed E-state index contributed by atoms with van der Waals surface area (Å²) in [6, 6.07) is 19.9. The van der Waals surface area contributed by atoms with E-state index in [1.54, 1.807) is 0 Å². The van der Waals surface area contributed by atoms with Gasteiger partial charge in [0.2, 0.25) is 0 Å². The summed E-state index contributed by atoms with van der Waals surface area (Å²) in [4.78, 5) is 0. The van der Waals surface area contributed by atoms with Gasteiger partial charge in [-0.2, -0.15) is 0 Å². The molecule has 4 aromatic carbocycles. The lowest BCUT2D eigenvalue weighted by molar-refractivity contribution is 1.34. The number of hydrogen-bond acceptors (Lipinski definition) is 0. The van der Waals surface area contributed by atoms with Crippen molar-refractivity contribution in [1.29, 1.82) is 0 Å². The van der Waals surface area contributed by atoms with Gasteiger partial charge in [0.1, 0.15) is 0 Å². The van der Waals surface area contributed by atoms with Crippen LogP contribution < -0.4 is 0 Å². The minimum absolute atomic E-state index is 1.33. The lowest BCUT2D eigenvalue weighted by Gasteiger charge is -2.09. The smallest absolute Gasteiger partial charge is 0.0149 e. The third-order valence-corrected chi connectivity index (χ3v) is 6.00. The van der Waals surface area contributed by atoms with Gasteiger partial charge in [0.25, 0.3) is 0 Å². The molecule has 0 atom stereocenters. The molecule has 0 aromatic heterocycles. The Morgan fingerprint density at radius 1 is 0.407 bits per heavy atom. The van der Waals surface area contributed by atoms with Crippen molar-refractivity contribution in [1.82, 2.24) is 0 Å². The Balaban J connectivity index is 0.000000156. The Hall–Kier alpha value is -2.60. The second kappa shape index (κ2) is 7.56. The highest BCUT2D eigenvalue weighted by Gasteiger charge is 2.03. The van der Waals surface area contributed by atoms with E-state index in [4.69, 9.17) is 0 Å².